The standard InChI is InChI=1S/C23H29ClN2O2/c1-4-14-25-23(28)21(5-2)26(16-19-12-7-6-10-17(19)3)22(27)15-18-11-8-9-13-20(18)24/h6-13,21H,4-5,14-16H2,1-3H3,(H,25,28)/t21-/m1/s1. The molecule has 2 rings (SSSR count). The molecule has 1 N–H and O–H groups in total. The minimum atomic E-state index is -0.513. The summed E-state index contributed by atoms with van der Waals surface area (Å²) in [6, 6.07) is 14.8. The van der Waals surface area contributed by atoms with E-state index in [0.717, 1.165) is 23.1 Å². The van der Waals surface area contributed by atoms with Crippen molar-refractivity contribution in [2.24, 2.45) is 0 Å². The van der Waals surface area contributed by atoms with E-state index in [2.05, 4.69) is 5.32 Å². The number of amides is 2. The minimum absolute atomic E-state index is 0.102. The molecule has 0 aliphatic carbocycles. The Hall–Kier alpha value is -2.33. The Balaban J connectivity index is 2.31. The third-order valence-electron chi connectivity index (χ3n) is 4.84. The van der Waals surface area contributed by atoms with Crippen LogP contribution < -0.4 is 5.32 Å². The highest BCUT2D eigenvalue weighted by Gasteiger charge is 2.29. The molecule has 28 heavy (non-hydrogen) atoms. The molecule has 0 heterocycles. The van der Waals surface area contributed by atoms with Crippen LogP contribution in [0.4, 0.5) is 0 Å². The molecule has 4 nitrogen and oxygen atoms in total. The first-order chi connectivity index (χ1) is 13.5. The van der Waals surface area contributed by atoms with Crippen molar-refractivity contribution in [3.8, 4) is 0 Å². The topological polar surface area (TPSA) is 49.4 Å². The van der Waals surface area contributed by atoms with Gasteiger partial charge in [-0.3, -0.25) is 9.59 Å². The van der Waals surface area contributed by atoms with E-state index in [4.69, 9.17) is 11.6 Å². The summed E-state index contributed by atoms with van der Waals surface area (Å²) in [6.07, 6.45) is 1.58. The molecule has 0 fully saturated rings. The predicted octanol–water partition coefficient (Wildman–Crippen LogP) is 4.52. The number of aryl methyl sites for hydroxylation is 1. The fourth-order valence-electron chi connectivity index (χ4n) is 3.16. The van der Waals surface area contributed by atoms with Gasteiger partial charge in [0, 0.05) is 18.1 Å². The first-order valence-corrected chi connectivity index (χ1v) is 10.2. The lowest BCUT2D eigenvalue weighted by Crippen LogP contribution is -2.49. The van der Waals surface area contributed by atoms with Crippen LogP contribution in [0.5, 0.6) is 0 Å². The molecule has 1 atom stereocenters. The van der Waals surface area contributed by atoms with Crippen LogP contribution >= 0.6 is 11.6 Å². The van der Waals surface area contributed by atoms with Crippen LogP contribution in [0.15, 0.2) is 48.5 Å². The third kappa shape index (κ3) is 5.83. The molecule has 2 amide bonds. The summed E-state index contributed by atoms with van der Waals surface area (Å²) in [6.45, 7) is 6.96. The summed E-state index contributed by atoms with van der Waals surface area (Å²) in [5.74, 6) is -0.208. The van der Waals surface area contributed by atoms with E-state index >= 15 is 0 Å². The second-order valence-electron chi connectivity index (χ2n) is 6.93. The lowest BCUT2D eigenvalue weighted by atomic mass is 10.0. The van der Waals surface area contributed by atoms with Gasteiger partial charge in [0.15, 0.2) is 0 Å². The van der Waals surface area contributed by atoms with Gasteiger partial charge in [0.05, 0.1) is 6.42 Å². The van der Waals surface area contributed by atoms with Crippen LogP contribution in [-0.2, 0) is 22.6 Å². The molecule has 0 spiro atoms. The molecule has 0 saturated heterocycles. The molecule has 0 bridgehead atoms. The first-order valence-electron chi connectivity index (χ1n) is 9.83. The lowest BCUT2D eigenvalue weighted by molar-refractivity contribution is -0.140. The van der Waals surface area contributed by atoms with E-state index in [9.17, 15) is 9.59 Å². The zero-order valence-corrected chi connectivity index (χ0v) is 17.6. The van der Waals surface area contributed by atoms with Crippen molar-refractivity contribution < 1.29 is 9.59 Å². The molecule has 0 unspecified atom stereocenters. The molecule has 5 heteroatoms. The van der Waals surface area contributed by atoms with Crippen molar-refractivity contribution in [1.82, 2.24) is 10.2 Å². The molecule has 0 aliphatic rings. The molecule has 150 valence electrons. The van der Waals surface area contributed by atoms with Gasteiger partial charge in [-0.15, -0.1) is 0 Å². The van der Waals surface area contributed by atoms with E-state index < -0.39 is 6.04 Å². The summed E-state index contributed by atoms with van der Waals surface area (Å²) in [4.78, 5) is 27.7. The SMILES string of the molecule is CCCNC(=O)[C@@H](CC)N(Cc1ccccc1C)C(=O)Cc1ccccc1Cl. The molecule has 0 aromatic heterocycles. The van der Waals surface area contributed by atoms with E-state index in [1.54, 1.807) is 11.0 Å². The smallest absolute Gasteiger partial charge is 0.242 e. The van der Waals surface area contributed by atoms with Crippen molar-refractivity contribution in [3.63, 3.8) is 0 Å². The van der Waals surface area contributed by atoms with Gasteiger partial charge in [-0.2, -0.15) is 0 Å². The van der Waals surface area contributed by atoms with E-state index in [1.807, 2.05) is 63.2 Å². The molecule has 0 saturated carbocycles. The Morgan fingerprint density at radius 2 is 1.68 bits per heavy atom. The number of nitrogens with one attached hydrogen (secondary N) is 1. The maximum absolute atomic E-state index is 13.2. The quantitative estimate of drug-likeness (QED) is 0.672. The molecule has 0 aliphatic heterocycles. The zero-order valence-electron chi connectivity index (χ0n) is 16.9. The third-order valence-corrected chi connectivity index (χ3v) is 5.21. The van der Waals surface area contributed by atoms with Gasteiger partial charge in [-0.25, -0.2) is 0 Å². The van der Waals surface area contributed by atoms with Crippen molar-refractivity contribution in [1.29, 1.82) is 0 Å². The predicted molar refractivity (Wildman–Crippen MR) is 114 cm³/mol. The highest BCUT2D eigenvalue weighted by atomic mass is 35.5. The highest BCUT2D eigenvalue weighted by Crippen LogP contribution is 2.20. The van der Waals surface area contributed by atoms with Gasteiger partial charge in [-0.1, -0.05) is 67.9 Å². The number of halogens is 1. The van der Waals surface area contributed by atoms with Gasteiger partial charge in [-0.05, 0) is 42.5 Å². The second kappa shape index (κ2) is 10.9. The molecular formula is C23H29ClN2O2. The van der Waals surface area contributed by atoms with E-state index in [0.29, 0.717) is 24.5 Å². The van der Waals surface area contributed by atoms with E-state index in [-0.39, 0.29) is 18.2 Å². The van der Waals surface area contributed by atoms with Gasteiger partial charge in [0.25, 0.3) is 0 Å². The Bertz CT molecular complexity index is 807. The van der Waals surface area contributed by atoms with Crippen LogP contribution in [0.25, 0.3) is 0 Å². The Kier molecular flexibility index (Phi) is 8.52. The van der Waals surface area contributed by atoms with Gasteiger partial charge < -0.3 is 10.2 Å². The van der Waals surface area contributed by atoms with Crippen LogP contribution in [0.3, 0.4) is 0 Å². The Morgan fingerprint density at radius 1 is 1.04 bits per heavy atom. The lowest BCUT2D eigenvalue weighted by Gasteiger charge is -2.31. The van der Waals surface area contributed by atoms with E-state index in [1.165, 1.54) is 0 Å². The number of hydrogen-bond donors (Lipinski definition) is 1. The van der Waals surface area contributed by atoms with Crippen molar-refractivity contribution in [2.45, 2.75) is 52.6 Å². The maximum atomic E-state index is 13.2. The molecule has 2 aromatic rings. The summed E-state index contributed by atoms with van der Waals surface area (Å²) in [5, 5.41) is 3.50. The van der Waals surface area contributed by atoms with Gasteiger partial charge in [0.2, 0.25) is 11.8 Å². The monoisotopic (exact) mass is 400 g/mol. The number of benzene rings is 2. The fourth-order valence-corrected chi connectivity index (χ4v) is 3.37. The summed E-state index contributed by atoms with van der Waals surface area (Å²) >= 11 is 6.25. The Labute approximate surface area is 172 Å². The van der Waals surface area contributed by atoms with Crippen LogP contribution in [-0.4, -0.2) is 29.3 Å². The number of carbonyl (C=O) groups excluding carboxylic acids is 2. The molecular weight excluding hydrogens is 372 g/mol. The average molecular weight is 401 g/mol. The minimum Gasteiger partial charge on any atom is -0.354 e. The fraction of sp³-hybridized carbons (Fsp3) is 0.391. The normalized spacial score (nSPS) is 11.7. The van der Waals surface area contributed by atoms with Crippen LogP contribution in [0.2, 0.25) is 5.02 Å². The molecule has 0 radical (unpaired) electrons. The van der Waals surface area contributed by atoms with Crippen molar-refractivity contribution in [3.05, 3.63) is 70.2 Å². The highest BCUT2D eigenvalue weighted by molar-refractivity contribution is 6.31. The number of hydrogen-bond acceptors (Lipinski definition) is 2. The zero-order chi connectivity index (χ0) is 20.5. The largest absolute Gasteiger partial charge is 0.354 e. The van der Waals surface area contributed by atoms with Crippen LogP contribution in [0.1, 0.15) is 43.4 Å². The maximum Gasteiger partial charge on any atom is 0.242 e. The summed E-state index contributed by atoms with van der Waals surface area (Å²) < 4.78 is 0. The number of nitrogens with zero attached hydrogens (tertiary/aromatic N) is 1. The van der Waals surface area contributed by atoms with Crippen molar-refractivity contribution >= 4 is 23.4 Å². The second-order valence-corrected chi connectivity index (χ2v) is 7.34. The Morgan fingerprint density at radius 3 is 2.29 bits per heavy atom. The summed E-state index contributed by atoms with van der Waals surface area (Å²) in [5.41, 5.74) is 2.91. The first kappa shape index (κ1) is 22.0. The summed E-state index contributed by atoms with van der Waals surface area (Å²) in [7, 11) is 0. The van der Waals surface area contributed by atoms with Crippen LogP contribution in [0, 0.1) is 6.92 Å². The van der Waals surface area contributed by atoms with Crippen molar-refractivity contribution in [2.75, 3.05) is 6.54 Å². The molecule has 2 aromatic carbocycles. The number of carbonyl (C=O) groups is 2. The van der Waals surface area contributed by atoms with Gasteiger partial charge in [0.1, 0.15) is 6.04 Å². The average Bonchev–Trinajstić information content (AvgIpc) is 2.69. The van der Waals surface area contributed by atoms with Gasteiger partial charge >= 0.3 is 0 Å². The number of rotatable bonds is 9.